The second kappa shape index (κ2) is 4.76. The molecule has 1 aliphatic carbocycles. The van der Waals surface area contributed by atoms with Crippen LogP contribution in [0.2, 0.25) is 0 Å². The summed E-state index contributed by atoms with van der Waals surface area (Å²) in [6.45, 7) is 3.86. The average Bonchev–Trinajstić information content (AvgIpc) is 2.03. The Balaban J connectivity index is 2.02. The van der Waals surface area contributed by atoms with Crippen molar-refractivity contribution in [3.05, 3.63) is 12.8 Å². The zero-order valence-electron chi connectivity index (χ0n) is 6.86. The molecule has 0 aliphatic heterocycles. The topological polar surface area (TPSA) is 0 Å². The molecule has 0 aromatic heterocycles. The molecule has 1 aliphatic rings. The summed E-state index contributed by atoms with van der Waals surface area (Å²) in [4.78, 5) is 0. The van der Waals surface area contributed by atoms with Crippen LogP contribution in [0, 0.1) is 12.8 Å². The maximum Gasteiger partial charge on any atom is -0.0241 e. The summed E-state index contributed by atoms with van der Waals surface area (Å²) < 4.78 is 0. The van der Waals surface area contributed by atoms with Gasteiger partial charge in [0.25, 0.3) is 0 Å². The van der Waals surface area contributed by atoms with E-state index in [1.165, 1.54) is 44.9 Å². The minimum absolute atomic E-state index is 1.11. The smallest absolute Gasteiger partial charge is 0.0241 e. The second-order valence-electron chi connectivity index (χ2n) is 3.27. The monoisotopic (exact) mass is 138 g/mol. The number of hydrogen-bond acceptors (Lipinski definition) is 0. The number of hydrogen-bond donors (Lipinski definition) is 0. The molecule has 0 aromatic rings. The van der Waals surface area contributed by atoms with Crippen molar-refractivity contribution in [1.29, 1.82) is 0 Å². The lowest BCUT2D eigenvalue weighted by Crippen LogP contribution is -2.03. The van der Waals surface area contributed by atoms with E-state index in [1.807, 2.05) is 5.92 Å². The molecule has 0 nitrogen and oxygen atoms in total. The third-order valence-electron chi connectivity index (χ3n) is 2.34. The zero-order valence-corrected chi connectivity index (χ0v) is 6.86. The van der Waals surface area contributed by atoms with E-state index < -0.39 is 0 Å². The van der Waals surface area contributed by atoms with Crippen molar-refractivity contribution in [2.24, 2.45) is 0 Å². The molecule has 0 spiro atoms. The van der Waals surface area contributed by atoms with E-state index in [4.69, 9.17) is 0 Å². The Morgan fingerprint density at radius 3 is 2.40 bits per heavy atom. The van der Waals surface area contributed by atoms with Gasteiger partial charge in [-0.2, -0.15) is 0 Å². The van der Waals surface area contributed by atoms with Crippen molar-refractivity contribution < 1.29 is 0 Å². The van der Waals surface area contributed by atoms with Crippen molar-refractivity contribution in [3.63, 3.8) is 0 Å². The fourth-order valence-electron chi connectivity index (χ4n) is 1.68. The molecule has 1 fully saturated rings. The minimum Gasteiger partial charge on any atom is -0.0533 e. The molecule has 0 unspecified atom stereocenters. The Morgan fingerprint density at radius 1 is 1.10 bits per heavy atom. The van der Waals surface area contributed by atoms with Crippen LogP contribution >= 0.6 is 0 Å². The van der Waals surface area contributed by atoms with Gasteiger partial charge in [-0.1, -0.05) is 39.0 Å². The van der Waals surface area contributed by atoms with Gasteiger partial charge in [-0.3, -0.25) is 0 Å². The van der Waals surface area contributed by atoms with E-state index >= 15 is 0 Å². The van der Waals surface area contributed by atoms with Gasteiger partial charge in [0.15, 0.2) is 0 Å². The Kier molecular flexibility index (Phi) is 3.86. The first kappa shape index (κ1) is 8.10. The predicted octanol–water partition coefficient (Wildman–Crippen LogP) is 3.53. The van der Waals surface area contributed by atoms with Gasteiger partial charge in [-0.25, -0.2) is 0 Å². The maximum absolute atomic E-state index is 3.86. The first-order chi connectivity index (χ1) is 4.93. The summed E-state index contributed by atoms with van der Waals surface area (Å²) in [5.41, 5.74) is 0. The van der Waals surface area contributed by atoms with Gasteiger partial charge in [-0.05, 0) is 25.2 Å². The first-order valence-corrected chi connectivity index (χ1v) is 4.56. The van der Waals surface area contributed by atoms with Crippen molar-refractivity contribution in [2.45, 2.75) is 51.4 Å². The second-order valence-corrected chi connectivity index (χ2v) is 3.27. The number of unbranched alkanes of at least 4 members (excludes halogenated alkanes) is 1. The molecule has 0 saturated heterocycles. The van der Waals surface area contributed by atoms with Crippen LogP contribution in [-0.2, 0) is 0 Å². The predicted molar refractivity (Wildman–Crippen MR) is 45.5 cm³/mol. The molecule has 0 heteroatoms. The van der Waals surface area contributed by atoms with Gasteiger partial charge in [0.1, 0.15) is 0 Å². The lowest BCUT2D eigenvalue weighted by Gasteiger charge is -2.20. The highest BCUT2D eigenvalue weighted by Crippen LogP contribution is 2.29. The largest absolute Gasteiger partial charge is 0.0533 e. The summed E-state index contributed by atoms with van der Waals surface area (Å²) in [7, 11) is 0. The van der Waals surface area contributed by atoms with Gasteiger partial charge in [0.2, 0.25) is 0 Å². The van der Waals surface area contributed by atoms with Crippen LogP contribution in [0.4, 0.5) is 0 Å². The van der Waals surface area contributed by atoms with Crippen LogP contribution in [0.5, 0.6) is 0 Å². The van der Waals surface area contributed by atoms with Gasteiger partial charge < -0.3 is 0 Å². The minimum atomic E-state index is 1.11. The van der Waals surface area contributed by atoms with E-state index in [2.05, 4.69) is 6.92 Å². The fraction of sp³-hybridized carbons (Fsp3) is 0.800. The molecular formula is C10H18. The molecule has 0 aromatic carbocycles. The van der Waals surface area contributed by atoms with E-state index in [9.17, 15) is 0 Å². The van der Waals surface area contributed by atoms with Crippen LogP contribution in [0.3, 0.4) is 0 Å². The van der Waals surface area contributed by atoms with Crippen LogP contribution in [0.15, 0.2) is 0 Å². The van der Waals surface area contributed by atoms with E-state index in [-0.39, 0.29) is 0 Å². The SMILES string of the molecule is [CH2]CCC[C]1CCCCC1. The molecule has 1 saturated carbocycles. The molecule has 58 valence electrons. The Bertz CT molecular complexity index is 70.1. The highest BCUT2D eigenvalue weighted by atomic mass is 14.2. The normalized spacial score (nSPS) is 21.3. The van der Waals surface area contributed by atoms with Gasteiger partial charge in [-0.15, -0.1) is 0 Å². The molecule has 1 rings (SSSR count). The lowest BCUT2D eigenvalue weighted by atomic mass is 9.86. The maximum atomic E-state index is 3.86. The Labute approximate surface area is 65.0 Å². The highest BCUT2D eigenvalue weighted by molar-refractivity contribution is 4.91. The van der Waals surface area contributed by atoms with Crippen molar-refractivity contribution in [2.75, 3.05) is 0 Å². The zero-order chi connectivity index (χ0) is 7.23. The number of rotatable bonds is 3. The van der Waals surface area contributed by atoms with E-state index in [0.717, 1.165) is 6.42 Å². The summed E-state index contributed by atoms with van der Waals surface area (Å²) in [6.07, 6.45) is 11.0. The standard InChI is InChI=1S/C10H18/c1-2-3-7-10-8-5-4-6-9-10/h1-9H2. The molecular weight excluding hydrogens is 120 g/mol. The lowest BCUT2D eigenvalue weighted by molar-refractivity contribution is 0.498. The van der Waals surface area contributed by atoms with Crippen molar-refractivity contribution in [1.82, 2.24) is 0 Å². The van der Waals surface area contributed by atoms with Gasteiger partial charge in [0.05, 0.1) is 0 Å². The van der Waals surface area contributed by atoms with Crippen LogP contribution in [-0.4, -0.2) is 0 Å². The third kappa shape index (κ3) is 2.72. The molecule has 0 bridgehead atoms. The van der Waals surface area contributed by atoms with Crippen LogP contribution in [0.1, 0.15) is 51.4 Å². The fourth-order valence-corrected chi connectivity index (χ4v) is 1.68. The molecule has 0 amide bonds. The molecule has 0 atom stereocenters. The molecule has 2 radical (unpaired) electrons. The molecule has 0 N–H and O–H groups in total. The third-order valence-corrected chi connectivity index (χ3v) is 2.34. The summed E-state index contributed by atoms with van der Waals surface area (Å²) in [5, 5.41) is 0. The van der Waals surface area contributed by atoms with Crippen LogP contribution in [0.25, 0.3) is 0 Å². The van der Waals surface area contributed by atoms with E-state index in [0.29, 0.717) is 0 Å². The Morgan fingerprint density at radius 2 is 1.80 bits per heavy atom. The van der Waals surface area contributed by atoms with E-state index in [1.54, 1.807) is 0 Å². The summed E-state index contributed by atoms with van der Waals surface area (Å²) in [5.74, 6) is 1.81. The quantitative estimate of drug-likeness (QED) is 0.559. The van der Waals surface area contributed by atoms with Gasteiger partial charge >= 0.3 is 0 Å². The van der Waals surface area contributed by atoms with Gasteiger partial charge in [0, 0.05) is 0 Å². The summed E-state index contributed by atoms with van der Waals surface area (Å²) in [6, 6.07) is 0. The van der Waals surface area contributed by atoms with Crippen LogP contribution < -0.4 is 0 Å². The molecule has 0 heterocycles. The first-order valence-electron chi connectivity index (χ1n) is 4.56. The average molecular weight is 138 g/mol. The van der Waals surface area contributed by atoms with Crippen molar-refractivity contribution in [3.8, 4) is 0 Å². The highest BCUT2D eigenvalue weighted by Gasteiger charge is 2.12. The van der Waals surface area contributed by atoms with Crippen molar-refractivity contribution >= 4 is 0 Å². The summed E-state index contributed by atoms with van der Waals surface area (Å²) >= 11 is 0. The molecule has 10 heavy (non-hydrogen) atoms. The Hall–Kier alpha value is 0.